The Balaban J connectivity index is 1.92. The van der Waals surface area contributed by atoms with Crippen molar-refractivity contribution in [1.29, 1.82) is 0 Å². The second kappa shape index (κ2) is 21.8. The second-order valence-electron chi connectivity index (χ2n) is 15.2. The quantitative estimate of drug-likeness (QED) is 0.141. The zero-order valence-corrected chi connectivity index (χ0v) is 35.3. The molecule has 14 nitrogen and oxygen atoms in total. The lowest BCUT2D eigenvalue weighted by molar-refractivity contribution is -0.164. The summed E-state index contributed by atoms with van der Waals surface area (Å²) in [5.74, 6) is -3.22. The highest BCUT2D eigenvalue weighted by Crippen LogP contribution is 2.22. The van der Waals surface area contributed by atoms with Gasteiger partial charge in [-0.2, -0.15) is 0 Å². The molecular weight excluding hydrogens is 745 g/mol. The normalized spacial score (nSPS) is 14.3. The van der Waals surface area contributed by atoms with Crippen LogP contribution in [0.1, 0.15) is 50.8 Å². The molecular formula is C44H60N4O10. The molecule has 0 aliphatic rings. The molecule has 3 rings (SSSR count). The minimum atomic E-state index is -1.23. The Hall–Kier alpha value is -5.63. The van der Waals surface area contributed by atoms with E-state index < -0.39 is 71.8 Å². The largest absolute Gasteiger partial charge is 0.508 e. The summed E-state index contributed by atoms with van der Waals surface area (Å²) in [6, 6.07) is 15.6. The lowest BCUT2D eigenvalue weighted by atomic mass is 9.96. The average molecular weight is 805 g/mol. The fourth-order valence-electron chi connectivity index (χ4n) is 6.43. The van der Waals surface area contributed by atoms with Crippen molar-refractivity contribution in [2.24, 2.45) is 11.8 Å². The maximum atomic E-state index is 14.5. The zero-order chi connectivity index (χ0) is 43.3. The van der Waals surface area contributed by atoms with E-state index in [1.54, 1.807) is 83.3 Å². The molecule has 0 radical (unpaired) electrons. The van der Waals surface area contributed by atoms with Crippen LogP contribution in [0.25, 0.3) is 0 Å². The van der Waals surface area contributed by atoms with Gasteiger partial charge in [-0.1, -0.05) is 64.1 Å². The van der Waals surface area contributed by atoms with Gasteiger partial charge in [-0.25, -0.2) is 4.79 Å². The third-order valence-electron chi connectivity index (χ3n) is 10.5. The molecule has 0 unspecified atom stereocenters. The predicted molar refractivity (Wildman–Crippen MR) is 219 cm³/mol. The summed E-state index contributed by atoms with van der Waals surface area (Å²) in [6.45, 7) is 7.18. The van der Waals surface area contributed by atoms with Gasteiger partial charge in [0.1, 0.15) is 41.4 Å². The molecule has 0 aliphatic heterocycles. The standard InChI is InChI=1S/C44H60N4O10/c1-11-28(4)39(58-44(55)36(46(5)6)25-31-16-22-34(56-9)23-17-31)40(51)45-38(27(2)3)42(53)47(7)35(24-29-12-18-32(49)19-13-29)41(52)48(8)37(43(54)57-10)26-30-14-20-33(50)21-15-30/h12-23,27-28,35-39,49-50H,11,24-26H2,1-10H3,(H,45,51)/t28-,35+,36-,37+,38+,39+/m0/s1. The number of nitrogens with one attached hydrogen (secondary N) is 1. The fourth-order valence-corrected chi connectivity index (χ4v) is 6.43. The summed E-state index contributed by atoms with van der Waals surface area (Å²) in [6.07, 6.45) is -0.341. The third-order valence-corrected chi connectivity index (χ3v) is 10.5. The molecule has 3 aromatic carbocycles. The summed E-state index contributed by atoms with van der Waals surface area (Å²) in [5, 5.41) is 22.6. The minimum absolute atomic E-state index is 0.00475. The molecule has 316 valence electrons. The van der Waals surface area contributed by atoms with Gasteiger partial charge in [0.2, 0.25) is 11.8 Å². The van der Waals surface area contributed by atoms with Crippen molar-refractivity contribution in [3.05, 3.63) is 89.5 Å². The Labute approximate surface area is 342 Å². The van der Waals surface area contributed by atoms with Gasteiger partial charge in [0, 0.05) is 32.9 Å². The van der Waals surface area contributed by atoms with Crippen molar-refractivity contribution in [3.63, 3.8) is 0 Å². The van der Waals surface area contributed by atoms with Crippen LogP contribution in [0.3, 0.4) is 0 Å². The van der Waals surface area contributed by atoms with E-state index in [-0.39, 0.29) is 24.3 Å². The van der Waals surface area contributed by atoms with Crippen LogP contribution in [0.2, 0.25) is 0 Å². The van der Waals surface area contributed by atoms with E-state index in [9.17, 15) is 34.2 Å². The third kappa shape index (κ3) is 12.7. The topological polar surface area (TPSA) is 175 Å². The zero-order valence-electron chi connectivity index (χ0n) is 35.3. The van der Waals surface area contributed by atoms with Crippen molar-refractivity contribution >= 4 is 29.7 Å². The maximum absolute atomic E-state index is 14.5. The lowest BCUT2D eigenvalue weighted by Crippen LogP contribution is -2.59. The number of methoxy groups -OCH3 is 2. The van der Waals surface area contributed by atoms with Crippen molar-refractivity contribution < 1.29 is 48.4 Å². The van der Waals surface area contributed by atoms with Gasteiger partial charge in [-0.15, -0.1) is 0 Å². The number of amides is 3. The highest BCUT2D eigenvalue weighted by molar-refractivity contribution is 5.95. The van der Waals surface area contributed by atoms with E-state index in [4.69, 9.17) is 14.2 Å². The summed E-state index contributed by atoms with van der Waals surface area (Å²) < 4.78 is 16.3. The molecule has 0 saturated heterocycles. The van der Waals surface area contributed by atoms with Crippen LogP contribution in [0, 0.1) is 11.8 Å². The van der Waals surface area contributed by atoms with Gasteiger partial charge in [0.25, 0.3) is 5.91 Å². The van der Waals surface area contributed by atoms with E-state index in [0.29, 0.717) is 29.7 Å². The number of ether oxygens (including phenoxy) is 3. The van der Waals surface area contributed by atoms with Crippen LogP contribution in [0.15, 0.2) is 72.8 Å². The summed E-state index contributed by atoms with van der Waals surface area (Å²) in [5.41, 5.74) is 2.15. The highest BCUT2D eigenvalue weighted by atomic mass is 16.6. The number of hydrogen-bond donors (Lipinski definition) is 3. The molecule has 14 heteroatoms. The number of phenols is 2. The van der Waals surface area contributed by atoms with Gasteiger partial charge in [0.15, 0.2) is 6.10 Å². The number of carbonyl (C=O) groups excluding carboxylic acids is 5. The van der Waals surface area contributed by atoms with Gasteiger partial charge in [-0.05, 0) is 85.9 Å². The molecule has 0 fully saturated rings. The first-order chi connectivity index (χ1) is 27.4. The van der Waals surface area contributed by atoms with Crippen LogP contribution in [-0.4, -0.2) is 127 Å². The first-order valence-electron chi connectivity index (χ1n) is 19.4. The molecule has 0 bridgehead atoms. The summed E-state index contributed by atoms with van der Waals surface area (Å²) in [4.78, 5) is 74.2. The van der Waals surface area contributed by atoms with Crippen molar-refractivity contribution in [1.82, 2.24) is 20.0 Å². The lowest BCUT2D eigenvalue weighted by Gasteiger charge is -2.36. The molecule has 0 aromatic heterocycles. The van der Waals surface area contributed by atoms with Gasteiger partial charge in [-0.3, -0.25) is 24.1 Å². The van der Waals surface area contributed by atoms with E-state index in [2.05, 4.69) is 5.32 Å². The summed E-state index contributed by atoms with van der Waals surface area (Å²) >= 11 is 0. The molecule has 3 aromatic rings. The van der Waals surface area contributed by atoms with Crippen LogP contribution >= 0.6 is 0 Å². The van der Waals surface area contributed by atoms with Gasteiger partial charge >= 0.3 is 11.9 Å². The Morgan fingerprint density at radius 2 is 1.09 bits per heavy atom. The number of phenolic OH excluding ortho intramolecular Hbond substituents is 2. The molecule has 3 amide bonds. The van der Waals surface area contributed by atoms with Crippen molar-refractivity contribution in [2.75, 3.05) is 42.4 Å². The van der Waals surface area contributed by atoms with E-state index >= 15 is 0 Å². The number of rotatable bonds is 20. The monoisotopic (exact) mass is 804 g/mol. The number of esters is 2. The SMILES string of the molecule is CC[C@H](C)[C@@H](OC(=O)[C@H](Cc1ccc(OC)cc1)N(C)C)C(=O)N[C@@H](C(=O)N(C)[C@H](Cc1ccc(O)cc1)C(=O)N(C)[C@H](Cc1ccc(O)cc1)C(=O)OC)C(C)C. The van der Waals surface area contributed by atoms with Gasteiger partial charge in [0.05, 0.1) is 14.2 Å². The first kappa shape index (κ1) is 46.8. The number of hydrogen-bond acceptors (Lipinski definition) is 11. The van der Waals surface area contributed by atoms with Crippen LogP contribution in [0.5, 0.6) is 17.2 Å². The predicted octanol–water partition coefficient (Wildman–Crippen LogP) is 3.99. The van der Waals surface area contributed by atoms with Crippen LogP contribution in [0.4, 0.5) is 0 Å². The minimum Gasteiger partial charge on any atom is -0.508 e. The Kier molecular flexibility index (Phi) is 17.5. The van der Waals surface area contributed by atoms with E-state index in [1.165, 1.54) is 55.3 Å². The maximum Gasteiger partial charge on any atom is 0.328 e. The first-order valence-corrected chi connectivity index (χ1v) is 19.4. The molecule has 6 atom stereocenters. The molecule has 0 heterocycles. The number of carbonyl (C=O) groups is 5. The smallest absolute Gasteiger partial charge is 0.328 e. The molecule has 3 N–H and O–H groups in total. The Bertz CT molecular complexity index is 1820. The Morgan fingerprint density at radius 3 is 1.52 bits per heavy atom. The average Bonchev–Trinajstić information content (AvgIpc) is 3.21. The van der Waals surface area contributed by atoms with Crippen molar-refractivity contribution in [3.8, 4) is 17.2 Å². The summed E-state index contributed by atoms with van der Waals surface area (Å²) in [7, 11) is 9.21. The van der Waals surface area contributed by atoms with Gasteiger partial charge < -0.3 is 39.5 Å². The van der Waals surface area contributed by atoms with Crippen LogP contribution < -0.4 is 10.1 Å². The fraction of sp³-hybridized carbons (Fsp3) is 0.477. The van der Waals surface area contributed by atoms with E-state index in [1.807, 2.05) is 19.1 Å². The van der Waals surface area contributed by atoms with E-state index in [0.717, 1.165) is 5.56 Å². The second-order valence-corrected chi connectivity index (χ2v) is 15.2. The van der Waals surface area contributed by atoms with Crippen LogP contribution in [-0.2, 0) is 52.7 Å². The van der Waals surface area contributed by atoms with Crippen molar-refractivity contribution in [2.45, 2.75) is 83.6 Å². The number of benzene rings is 3. The number of aromatic hydroxyl groups is 2. The molecule has 0 spiro atoms. The highest BCUT2D eigenvalue weighted by Gasteiger charge is 2.40. The number of likely N-dealkylation sites (N-methyl/N-ethyl adjacent to an activating group) is 3. The molecule has 0 saturated carbocycles. The molecule has 0 aliphatic carbocycles. The molecule has 58 heavy (non-hydrogen) atoms. The number of nitrogens with zero attached hydrogens (tertiary/aromatic N) is 3. The Morgan fingerprint density at radius 1 is 0.638 bits per heavy atom.